The average molecular weight is 511 g/mol. The lowest BCUT2D eigenvalue weighted by atomic mass is 9.93. The Labute approximate surface area is 214 Å². The van der Waals surface area contributed by atoms with E-state index in [2.05, 4.69) is 37.0 Å². The van der Waals surface area contributed by atoms with E-state index in [1.165, 1.54) is 6.07 Å². The minimum atomic E-state index is -0.517. The summed E-state index contributed by atoms with van der Waals surface area (Å²) in [4.78, 5) is 14.9. The number of piperazine rings is 1. The Bertz CT molecular complexity index is 1310. The Kier molecular flexibility index (Phi) is 7.07. The predicted octanol–water partition coefficient (Wildman–Crippen LogP) is 2.41. The molecule has 0 radical (unpaired) electrons. The molecule has 196 valence electrons. The van der Waals surface area contributed by atoms with Crippen molar-refractivity contribution in [2.75, 3.05) is 61.9 Å². The Morgan fingerprint density at radius 3 is 2.86 bits per heavy atom. The second-order valence-electron chi connectivity index (χ2n) is 9.62. The SMILES string of the molecule is Cc1c(/C=C/CN2CCN3c4cc(F)cc(F)c4CCC3C2)cnn1-c1cc(N(C)CCO)nc(N)n1. The van der Waals surface area contributed by atoms with E-state index in [4.69, 9.17) is 5.73 Å². The molecule has 1 unspecified atom stereocenters. The summed E-state index contributed by atoms with van der Waals surface area (Å²) in [6, 6.07) is 4.50. The third kappa shape index (κ3) is 5.14. The molecule has 9 nitrogen and oxygen atoms in total. The maximum atomic E-state index is 14.2. The molecule has 11 heteroatoms. The van der Waals surface area contributed by atoms with Gasteiger partial charge in [0.25, 0.3) is 0 Å². The zero-order chi connectivity index (χ0) is 26.1. The van der Waals surface area contributed by atoms with Gasteiger partial charge in [0.15, 0.2) is 5.82 Å². The molecule has 4 heterocycles. The molecular formula is C26H32F2N8O. The first-order valence-corrected chi connectivity index (χ1v) is 12.5. The van der Waals surface area contributed by atoms with Crippen LogP contribution in [0.2, 0.25) is 0 Å². The number of hydrogen-bond donors (Lipinski definition) is 2. The van der Waals surface area contributed by atoms with Gasteiger partial charge in [-0.2, -0.15) is 15.1 Å². The quantitative estimate of drug-likeness (QED) is 0.500. The van der Waals surface area contributed by atoms with E-state index < -0.39 is 11.6 Å². The van der Waals surface area contributed by atoms with Crippen LogP contribution in [-0.2, 0) is 6.42 Å². The number of aromatic nitrogens is 4. The van der Waals surface area contributed by atoms with Gasteiger partial charge < -0.3 is 20.6 Å². The number of aliphatic hydroxyl groups is 1. The van der Waals surface area contributed by atoms with Crippen LogP contribution in [0.15, 0.2) is 30.5 Å². The van der Waals surface area contributed by atoms with Crippen LogP contribution in [0.4, 0.5) is 26.2 Å². The molecule has 3 aromatic rings. The van der Waals surface area contributed by atoms with Gasteiger partial charge in [-0.05, 0) is 25.8 Å². The molecule has 37 heavy (non-hydrogen) atoms. The van der Waals surface area contributed by atoms with E-state index in [-0.39, 0.29) is 18.6 Å². The number of halogens is 2. The van der Waals surface area contributed by atoms with E-state index in [0.29, 0.717) is 35.9 Å². The monoisotopic (exact) mass is 510 g/mol. The lowest BCUT2D eigenvalue weighted by Crippen LogP contribution is -2.55. The normalized spacial score (nSPS) is 17.8. The summed E-state index contributed by atoms with van der Waals surface area (Å²) in [5, 5.41) is 13.7. The van der Waals surface area contributed by atoms with Crippen LogP contribution in [0.3, 0.4) is 0 Å². The van der Waals surface area contributed by atoms with Crippen molar-refractivity contribution >= 4 is 23.5 Å². The largest absolute Gasteiger partial charge is 0.395 e. The third-order valence-corrected chi connectivity index (χ3v) is 7.21. The van der Waals surface area contributed by atoms with Crippen molar-refractivity contribution in [1.82, 2.24) is 24.6 Å². The fourth-order valence-electron chi connectivity index (χ4n) is 5.21. The second kappa shape index (κ2) is 10.4. The number of nitrogen functional groups attached to an aromatic ring is 1. The Morgan fingerprint density at radius 1 is 1.22 bits per heavy atom. The summed E-state index contributed by atoms with van der Waals surface area (Å²) >= 11 is 0. The molecule has 0 spiro atoms. The number of hydrogen-bond acceptors (Lipinski definition) is 8. The topological polar surface area (TPSA) is 99.6 Å². The van der Waals surface area contributed by atoms with E-state index in [1.54, 1.807) is 21.8 Å². The van der Waals surface area contributed by atoms with E-state index in [9.17, 15) is 13.9 Å². The smallest absolute Gasteiger partial charge is 0.224 e. The van der Waals surface area contributed by atoms with Gasteiger partial charge in [0, 0.05) is 74.8 Å². The molecule has 5 rings (SSSR count). The van der Waals surface area contributed by atoms with Gasteiger partial charge in [-0.15, -0.1) is 0 Å². The molecule has 0 saturated carbocycles. The summed E-state index contributed by atoms with van der Waals surface area (Å²) < 4.78 is 29.8. The molecule has 1 aromatic carbocycles. The Morgan fingerprint density at radius 2 is 2.05 bits per heavy atom. The van der Waals surface area contributed by atoms with Gasteiger partial charge in [0.2, 0.25) is 5.95 Å². The fraction of sp³-hybridized carbons (Fsp3) is 0.423. The predicted molar refractivity (Wildman–Crippen MR) is 140 cm³/mol. The summed E-state index contributed by atoms with van der Waals surface area (Å²) in [5.74, 6) is 0.354. The molecule has 1 atom stereocenters. The highest BCUT2D eigenvalue weighted by molar-refractivity contribution is 5.58. The van der Waals surface area contributed by atoms with Crippen molar-refractivity contribution in [2.45, 2.75) is 25.8 Å². The number of nitrogens with zero attached hydrogens (tertiary/aromatic N) is 7. The Balaban J connectivity index is 1.24. The van der Waals surface area contributed by atoms with E-state index in [1.807, 2.05) is 14.0 Å². The maximum Gasteiger partial charge on any atom is 0.224 e. The van der Waals surface area contributed by atoms with Gasteiger partial charge >= 0.3 is 0 Å². The summed E-state index contributed by atoms with van der Waals surface area (Å²) in [6.07, 6.45) is 7.46. The van der Waals surface area contributed by atoms with Crippen molar-refractivity contribution < 1.29 is 13.9 Å². The van der Waals surface area contributed by atoms with Crippen LogP contribution in [0.25, 0.3) is 11.9 Å². The third-order valence-electron chi connectivity index (χ3n) is 7.21. The lowest BCUT2D eigenvalue weighted by molar-refractivity contribution is 0.233. The second-order valence-corrected chi connectivity index (χ2v) is 9.62. The van der Waals surface area contributed by atoms with Crippen LogP contribution in [-0.4, -0.2) is 82.2 Å². The molecule has 0 aliphatic carbocycles. The van der Waals surface area contributed by atoms with Crippen LogP contribution in [0.1, 0.15) is 23.2 Å². The first-order valence-electron chi connectivity index (χ1n) is 12.5. The van der Waals surface area contributed by atoms with Gasteiger partial charge in [0.05, 0.1) is 18.5 Å². The zero-order valence-corrected chi connectivity index (χ0v) is 21.1. The number of nitrogens with two attached hydrogens (primary N) is 1. The van der Waals surface area contributed by atoms with Crippen LogP contribution >= 0.6 is 0 Å². The fourth-order valence-corrected chi connectivity index (χ4v) is 5.21. The molecule has 3 N–H and O–H groups in total. The number of anilines is 3. The molecule has 1 saturated heterocycles. The van der Waals surface area contributed by atoms with Crippen LogP contribution < -0.4 is 15.5 Å². The van der Waals surface area contributed by atoms with Gasteiger partial charge in [0.1, 0.15) is 17.5 Å². The molecule has 1 fully saturated rings. The maximum absolute atomic E-state index is 14.2. The van der Waals surface area contributed by atoms with Crippen molar-refractivity contribution in [3.05, 3.63) is 58.9 Å². The number of benzene rings is 1. The van der Waals surface area contributed by atoms with Gasteiger partial charge in [-0.3, -0.25) is 4.90 Å². The number of fused-ring (bicyclic) bond motifs is 3. The van der Waals surface area contributed by atoms with Crippen LogP contribution in [0, 0.1) is 18.6 Å². The molecule has 2 aliphatic heterocycles. The molecule has 2 aliphatic rings. The highest BCUT2D eigenvalue weighted by Gasteiger charge is 2.33. The summed E-state index contributed by atoms with van der Waals surface area (Å²) in [5.41, 5.74) is 9.16. The minimum Gasteiger partial charge on any atom is -0.395 e. The summed E-state index contributed by atoms with van der Waals surface area (Å²) in [7, 11) is 1.83. The van der Waals surface area contributed by atoms with Crippen molar-refractivity contribution in [2.24, 2.45) is 0 Å². The molecule has 0 amide bonds. The van der Waals surface area contributed by atoms with Gasteiger partial charge in [-0.25, -0.2) is 13.5 Å². The van der Waals surface area contributed by atoms with Gasteiger partial charge in [-0.1, -0.05) is 12.2 Å². The molecular weight excluding hydrogens is 478 g/mol. The van der Waals surface area contributed by atoms with E-state index >= 15 is 0 Å². The number of rotatable bonds is 7. The molecule has 0 bridgehead atoms. The van der Waals surface area contributed by atoms with Crippen LogP contribution in [0.5, 0.6) is 0 Å². The highest BCUT2D eigenvalue weighted by atomic mass is 19.1. The zero-order valence-electron chi connectivity index (χ0n) is 21.1. The van der Waals surface area contributed by atoms with Crippen molar-refractivity contribution in [1.29, 1.82) is 0 Å². The number of aliphatic hydroxyl groups excluding tert-OH is 1. The number of likely N-dealkylation sites (N-methyl/N-ethyl adjacent to an activating group) is 1. The van der Waals surface area contributed by atoms with Crippen molar-refractivity contribution in [3.63, 3.8) is 0 Å². The lowest BCUT2D eigenvalue weighted by Gasteiger charge is -2.46. The standard InChI is InChI=1S/C26H32F2N8O/c1-17-18(15-30-36(17)25-14-24(31-26(29)32-25)33(2)10-11-37)4-3-7-34-8-9-35-20(16-34)5-6-21-22(28)12-19(27)13-23(21)35/h3-4,12-15,20,37H,5-11,16H2,1-2H3,(H2,29,31,32)/b4-3+. The molecule has 2 aromatic heterocycles. The first kappa shape index (κ1) is 25.1. The highest BCUT2D eigenvalue weighted by Crippen LogP contribution is 2.35. The minimum absolute atomic E-state index is 0.00563. The van der Waals surface area contributed by atoms with Crippen molar-refractivity contribution in [3.8, 4) is 5.82 Å². The summed E-state index contributed by atoms with van der Waals surface area (Å²) in [6.45, 7) is 5.59. The first-order chi connectivity index (χ1) is 17.8. The average Bonchev–Trinajstić information content (AvgIpc) is 3.23. The van der Waals surface area contributed by atoms with E-state index in [0.717, 1.165) is 49.9 Å². The Hall–Kier alpha value is -3.57.